The van der Waals surface area contributed by atoms with Crippen LogP contribution in [0.1, 0.15) is 19.3 Å². The molecule has 1 amide bonds. The summed E-state index contributed by atoms with van der Waals surface area (Å²) < 4.78 is 4.68. The van der Waals surface area contributed by atoms with Crippen LogP contribution in [0.25, 0.3) is 0 Å². The standard InChI is InChI=1S/C10H20N2O3/c1-15-10(14)12-6-2-4-9(8-12)11-5-3-7-13/h9,11,13H,2-8H2,1H3. The predicted molar refractivity (Wildman–Crippen MR) is 56.7 cm³/mol. The van der Waals surface area contributed by atoms with Gasteiger partial charge in [0.2, 0.25) is 0 Å². The third-order valence-electron chi connectivity index (χ3n) is 2.62. The van der Waals surface area contributed by atoms with Gasteiger partial charge >= 0.3 is 6.09 Å². The Morgan fingerprint density at radius 2 is 2.47 bits per heavy atom. The molecule has 0 aliphatic carbocycles. The summed E-state index contributed by atoms with van der Waals surface area (Å²) in [5.74, 6) is 0. The molecular weight excluding hydrogens is 196 g/mol. The van der Waals surface area contributed by atoms with Crippen LogP contribution in [0.3, 0.4) is 0 Å². The van der Waals surface area contributed by atoms with Crippen LogP contribution in [0.2, 0.25) is 0 Å². The van der Waals surface area contributed by atoms with E-state index in [1.807, 2.05) is 0 Å². The van der Waals surface area contributed by atoms with E-state index in [0.29, 0.717) is 12.6 Å². The minimum Gasteiger partial charge on any atom is -0.453 e. The van der Waals surface area contributed by atoms with Gasteiger partial charge in [0, 0.05) is 25.7 Å². The normalized spacial score (nSPS) is 21.5. The average Bonchev–Trinajstić information content (AvgIpc) is 2.29. The summed E-state index contributed by atoms with van der Waals surface area (Å²) in [7, 11) is 1.41. The van der Waals surface area contributed by atoms with Crippen molar-refractivity contribution in [1.29, 1.82) is 0 Å². The number of rotatable bonds is 4. The first-order valence-electron chi connectivity index (χ1n) is 5.45. The highest BCUT2D eigenvalue weighted by atomic mass is 16.5. The van der Waals surface area contributed by atoms with Crippen LogP contribution in [0.5, 0.6) is 0 Å². The number of piperidine rings is 1. The summed E-state index contributed by atoms with van der Waals surface area (Å²) in [6, 6.07) is 0.337. The molecular formula is C10H20N2O3. The van der Waals surface area contributed by atoms with Crippen LogP contribution in [-0.4, -0.2) is 55.5 Å². The van der Waals surface area contributed by atoms with Crippen molar-refractivity contribution in [3.63, 3.8) is 0 Å². The second-order valence-corrected chi connectivity index (χ2v) is 3.79. The molecule has 0 radical (unpaired) electrons. The summed E-state index contributed by atoms with van der Waals surface area (Å²) in [6.45, 7) is 2.50. The van der Waals surface area contributed by atoms with Gasteiger partial charge in [0.15, 0.2) is 0 Å². The molecule has 0 spiro atoms. The van der Waals surface area contributed by atoms with Crippen molar-refractivity contribution in [2.24, 2.45) is 0 Å². The van der Waals surface area contributed by atoms with Gasteiger partial charge < -0.3 is 20.1 Å². The fourth-order valence-corrected chi connectivity index (χ4v) is 1.82. The van der Waals surface area contributed by atoms with Gasteiger partial charge in [-0.1, -0.05) is 0 Å². The number of hydrogen-bond donors (Lipinski definition) is 2. The maximum atomic E-state index is 11.3. The number of carbonyl (C=O) groups excluding carboxylic acids is 1. The lowest BCUT2D eigenvalue weighted by Crippen LogP contribution is -2.48. The second-order valence-electron chi connectivity index (χ2n) is 3.79. The molecule has 1 fully saturated rings. The summed E-state index contributed by atoms with van der Waals surface area (Å²) in [4.78, 5) is 13.0. The highest BCUT2D eigenvalue weighted by Gasteiger charge is 2.23. The fourth-order valence-electron chi connectivity index (χ4n) is 1.82. The zero-order valence-electron chi connectivity index (χ0n) is 9.24. The monoisotopic (exact) mass is 216 g/mol. The summed E-state index contributed by atoms with van der Waals surface area (Å²) in [5, 5.41) is 12.0. The molecule has 1 saturated heterocycles. The number of carbonyl (C=O) groups is 1. The molecule has 0 aromatic rings. The SMILES string of the molecule is COC(=O)N1CCCC(NCCCO)C1. The van der Waals surface area contributed by atoms with E-state index in [2.05, 4.69) is 10.1 Å². The third-order valence-corrected chi connectivity index (χ3v) is 2.62. The van der Waals surface area contributed by atoms with E-state index in [1.165, 1.54) is 7.11 Å². The van der Waals surface area contributed by atoms with E-state index in [0.717, 1.165) is 32.4 Å². The van der Waals surface area contributed by atoms with Crippen LogP contribution in [-0.2, 0) is 4.74 Å². The van der Waals surface area contributed by atoms with Gasteiger partial charge in [-0.25, -0.2) is 4.79 Å². The van der Waals surface area contributed by atoms with E-state index in [-0.39, 0.29) is 12.7 Å². The van der Waals surface area contributed by atoms with Gasteiger partial charge in [0.1, 0.15) is 0 Å². The molecule has 1 aliphatic rings. The molecule has 5 heteroatoms. The molecule has 0 aromatic carbocycles. The van der Waals surface area contributed by atoms with Crippen molar-refractivity contribution in [2.45, 2.75) is 25.3 Å². The van der Waals surface area contributed by atoms with Gasteiger partial charge in [0.25, 0.3) is 0 Å². The number of methoxy groups -OCH3 is 1. The van der Waals surface area contributed by atoms with Crippen molar-refractivity contribution in [3.05, 3.63) is 0 Å². The number of nitrogens with one attached hydrogen (secondary N) is 1. The quantitative estimate of drug-likeness (QED) is 0.659. The van der Waals surface area contributed by atoms with Crippen molar-refractivity contribution in [2.75, 3.05) is 33.4 Å². The lowest BCUT2D eigenvalue weighted by atomic mass is 10.1. The lowest BCUT2D eigenvalue weighted by Gasteiger charge is -2.32. The van der Waals surface area contributed by atoms with E-state index < -0.39 is 0 Å². The summed E-state index contributed by atoms with van der Waals surface area (Å²) in [5.41, 5.74) is 0. The first-order valence-corrected chi connectivity index (χ1v) is 5.45. The Morgan fingerprint density at radius 3 is 3.13 bits per heavy atom. The second kappa shape index (κ2) is 6.63. The van der Waals surface area contributed by atoms with E-state index >= 15 is 0 Å². The van der Waals surface area contributed by atoms with Crippen LogP contribution >= 0.6 is 0 Å². The molecule has 0 aromatic heterocycles. The van der Waals surface area contributed by atoms with Crippen molar-refractivity contribution < 1.29 is 14.6 Å². The van der Waals surface area contributed by atoms with Crippen molar-refractivity contribution in [1.82, 2.24) is 10.2 Å². The van der Waals surface area contributed by atoms with Crippen LogP contribution in [0, 0.1) is 0 Å². The topological polar surface area (TPSA) is 61.8 Å². The Hall–Kier alpha value is -0.810. The predicted octanol–water partition coefficient (Wildman–Crippen LogP) is 0.189. The molecule has 0 bridgehead atoms. The number of nitrogens with zero attached hydrogens (tertiary/aromatic N) is 1. The van der Waals surface area contributed by atoms with Gasteiger partial charge in [-0.05, 0) is 25.8 Å². The van der Waals surface area contributed by atoms with E-state index in [1.54, 1.807) is 4.90 Å². The maximum absolute atomic E-state index is 11.3. The fraction of sp³-hybridized carbons (Fsp3) is 0.900. The van der Waals surface area contributed by atoms with Crippen molar-refractivity contribution in [3.8, 4) is 0 Å². The number of ether oxygens (including phenoxy) is 1. The molecule has 88 valence electrons. The minimum atomic E-state index is -0.247. The summed E-state index contributed by atoms with van der Waals surface area (Å²) >= 11 is 0. The Bertz CT molecular complexity index is 199. The highest BCUT2D eigenvalue weighted by Crippen LogP contribution is 2.10. The van der Waals surface area contributed by atoms with Crippen LogP contribution in [0.4, 0.5) is 4.79 Å². The first kappa shape index (κ1) is 12.3. The van der Waals surface area contributed by atoms with Crippen LogP contribution in [0.15, 0.2) is 0 Å². The average molecular weight is 216 g/mol. The Morgan fingerprint density at radius 1 is 1.67 bits per heavy atom. The van der Waals surface area contributed by atoms with E-state index in [4.69, 9.17) is 5.11 Å². The molecule has 1 unspecified atom stereocenters. The number of likely N-dealkylation sites (tertiary alicyclic amines) is 1. The number of amides is 1. The van der Waals surface area contributed by atoms with Crippen molar-refractivity contribution >= 4 is 6.09 Å². The molecule has 15 heavy (non-hydrogen) atoms. The Labute approximate surface area is 90.4 Å². The number of aliphatic hydroxyl groups is 1. The van der Waals surface area contributed by atoms with Gasteiger partial charge in [-0.3, -0.25) is 0 Å². The zero-order valence-corrected chi connectivity index (χ0v) is 9.24. The molecule has 1 rings (SSSR count). The third kappa shape index (κ3) is 4.05. The summed E-state index contributed by atoms with van der Waals surface area (Å²) in [6.07, 6.45) is 2.60. The molecule has 1 aliphatic heterocycles. The van der Waals surface area contributed by atoms with E-state index in [9.17, 15) is 4.79 Å². The zero-order chi connectivity index (χ0) is 11.1. The molecule has 5 nitrogen and oxygen atoms in total. The Balaban J connectivity index is 2.26. The Kier molecular flexibility index (Phi) is 5.42. The van der Waals surface area contributed by atoms with Gasteiger partial charge in [0.05, 0.1) is 7.11 Å². The maximum Gasteiger partial charge on any atom is 0.409 e. The smallest absolute Gasteiger partial charge is 0.409 e. The number of aliphatic hydroxyl groups excluding tert-OH is 1. The highest BCUT2D eigenvalue weighted by molar-refractivity contribution is 5.67. The molecule has 1 heterocycles. The van der Waals surface area contributed by atoms with Gasteiger partial charge in [-0.15, -0.1) is 0 Å². The van der Waals surface area contributed by atoms with Gasteiger partial charge in [-0.2, -0.15) is 0 Å². The van der Waals surface area contributed by atoms with Crippen LogP contribution < -0.4 is 5.32 Å². The molecule has 2 N–H and O–H groups in total. The molecule has 0 saturated carbocycles. The first-order chi connectivity index (χ1) is 7.27. The largest absolute Gasteiger partial charge is 0.453 e. The molecule has 1 atom stereocenters. The minimum absolute atomic E-state index is 0.209. The number of hydrogen-bond acceptors (Lipinski definition) is 4. The lowest BCUT2D eigenvalue weighted by molar-refractivity contribution is 0.107.